The van der Waals surface area contributed by atoms with Gasteiger partial charge in [0, 0.05) is 5.39 Å². The summed E-state index contributed by atoms with van der Waals surface area (Å²) in [7, 11) is 0. The van der Waals surface area contributed by atoms with Crippen molar-refractivity contribution in [2.75, 3.05) is 0 Å². The minimum Gasteiger partial charge on any atom is -0.872 e. The number of nitrogens with zero attached hydrogens (tertiary/aromatic N) is 1. The van der Waals surface area contributed by atoms with Crippen molar-refractivity contribution < 1.29 is 15.0 Å². The molecule has 1 aliphatic rings. The lowest BCUT2D eigenvalue weighted by Gasteiger charge is -2.36. The molecule has 148 valence electrons. The smallest absolute Gasteiger partial charge is 0.336 e. The first-order valence-electron chi connectivity index (χ1n) is 9.87. The van der Waals surface area contributed by atoms with Crippen LogP contribution in [0.3, 0.4) is 0 Å². The maximum Gasteiger partial charge on any atom is 0.336 e. The average Bonchev–Trinajstić information content (AvgIpc) is 2.67. The van der Waals surface area contributed by atoms with Crippen molar-refractivity contribution in [2.45, 2.75) is 33.6 Å². The molecule has 0 radical (unpaired) electrons. The van der Waals surface area contributed by atoms with Crippen molar-refractivity contribution in [1.29, 1.82) is 0 Å². The van der Waals surface area contributed by atoms with Crippen molar-refractivity contribution >= 4 is 28.5 Å². The lowest BCUT2D eigenvalue weighted by atomic mass is 9.69. The number of para-hydroxylation sites is 1. The fraction of sp³-hybridized carbons (Fsp3) is 0.280. The molecule has 0 saturated carbocycles. The van der Waals surface area contributed by atoms with Crippen LogP contribution in [0, 0.1) is 11.3 Å². The van der Waals surface area contributed by atoms with Crippen molar-refractivity contribution in [3.8, 4) is 5.75 Å². The van der Waals surface area contributed by atoms with Crippen LogP contribution in [-0.2, 0) is 6.42 Å². The van der Waals surface area contributed by atoms with E-state index in [2.05, 4.69) is 20.8 Å². The fourth-order valence-corrected chi connectivity index (χ4v) is 4.15. The zero-order valence-electron chi connectivity index (χ0n) is 16.9. The highest BCUT2D eigenvalue weighted by Crippen LogP contribution is 2.44. The molecule has 1 N–H and O–H groups in total. The Labute approximate surface area is 170 Å². The normalized spacial score (nSPS) is 18.0. The molecule has 3 aromatic rings. The molecular weight excluding hydrogens is 362 g/mol. The van der Waals surface area contributed by atoms with Gasteiger partial charge in [-0.3, -0.25) is 0 Å². The van der Waals surface area contributed by atoms with E-state index in [4.69, 9.17) is 4.98 Å². The molecule has 1 atom stereocenters. The van der Waals surface area contributed by atoms with Gasteiger partial charge in [-0.05, 0) is 53.0 Å². The molecule has 1 heterocycles. The lowest BCUT2D eigenvalue weighted by molar-refractivity contribution is -0.268. The van der Waals surface area contributed by atoms with Crippen LogP contribution in [0.1, 0.15) is 54.4 Å². The minimum atomic E-state index is -0.913. The molecule has 0 spiro atoms. The van der Waals surface area contributed by atoms with E-state index in [-0.39, 0.29) is 11.2 Å². The number of hydrogen-bond acceptors (Lipinski definition) is 3. The zero-order chi connectivity index (χ0) is 20.8. The molecule has 1 aliphatic carbocycles. The van der Waals surface area contributed by atoms with Crippen LogP contribution in [-0.4, -0.2) is 16.1 Å². The number of aromatic nitrogens is 1. The van der Waals surface area contributed by atoms with Crippen molar-refractivity contribution in [1.82, 2.24) is 4.98 Å². The number of carboxylic acid groups (broad SMARTS) is 1. The summed E-state index contributed by atoms with van der Waals surface area (Å²) in [6.07, 6.45) is 3.55. The van der Waals surface area contributed by atoms with Crippen LogP contribution < -0.4 is 5.11 Å². The first-order valence-corrected chi connectivity index (χ1v) is 9.87. The zero-order valence-corrected chi connectivity index (χ0v) is 16.9. The molecule has 0 bridgehead atoms. The van der Waals surface area contributed by atoms with E-state index >= 15 is 0 Å². The largest absolute Gasteiger partial charge is 0.872 e. The van der Waals surface area contributed by atoms with Gasteiger partial charge in [-0.1, -0.05) is 63.2 Å². The van der Waals surface area contributed by atoms with Crippen molar-refractivity contribution in [3.63, 3.8) is 0 Å². The molecule has 2 aromatic carbocycles. The van der Waals surface area contributed by atoms with Crippen molar-refractivity contribution in [3.05, 3.63) is 70.9 Å². The van der Waals surface area contributed by atoms with Gasteiger partial charge in [-0.15, -0.1) is 5.75 Å². The Morgan fingerprint density at radius 2 is 1.79 bits per heavy atom. The maximum atomic E-state index is 12.3. The fourth-order valence-electron chi connectivity index (χ4n) is 4.15. The molecule has 4 nitrogen and oxygen atoms in total. The Balaban J connectivity index is 1.99. The van der Waals surface area contributed by atoms with E-state index in [9.17, 15) is 15.0 Å². The summed E-state index contributed by atoms with van der Waals surface area (Å²) in [5.41, 5.74) is 4.61. The van der Waals surface area contributed by atoms with Gasteiger partial charge in [0.25, 0.3) is 0 Å². The van der Waals surface area contributed by atoms with Gasteiger partial charge < -0.3 is 10.2 Å². The molecular formula is C25H24NO3-. The van der Waals surface area contributed by atoms with Crippen LogP contribution in [0.25, 0.3) is 22.6 Å². The molecule has 4 rings (SSSR count). The number of carboxylic acids is 1. The number of carbonyl (C=O) groups is 1. The van der Waals surface area contributed by atoms with E-state index in [1.165, 1.54) is 0 Å². The Morgan fingerprint density at radius 3 is 2.45 bits per heavy atom. The van der Waals surface area contributed by atoms with Crippen LogP contribution >= 0.6 is 0 Å². The molecule has 1 aromatic heterocycles. The quantitative estimate of drug-likeness (QED) is 0.660. The summed E-state index contributed by atoms with van der Waals surface area (Å²) in [5, 5.41) is 22.2. The number of rotatable bonds is 2. The third-order valence-corrected chi connectivity index (χ3v) is 5.87. The minimum absolute atomic E-state index is 0.0249. The van der Waals surface area contributed by atoms with Crippen LogP contribution in [0.2, 0.25) is 0 Å². The molecule has 0 fully saturated rings. The first kappa shape index (κ1) is 19.2. The molecule has 4 heteroatoms. The monoisotopic (exact) mass is 386 g/mol. The predicted octanol–water partition coefficient (Wildman–Crippen LogP) is 5.16. The number of fused-ring (bicyclic) bond motifs is 2. The Bertz CT molecular complexity index is 1120. The molecule has 29 heavy (non-hydrogen) atoms. The van der Waals surface area contributed by atoms with Crippen LogP contribution in [0.15, 0.2) is 48.5 Å². The maximum absolute atomic E-state index is 12.3. The number of allylic oxidation sites excluding steroid dienone is 1. The van der Waals surface area contributed by atoms with Crippen molar-refractivity contribution in [2.24, 2.45) is 11.3 Å². The van der Waals surface area contributed by atoms with Gasteiger partial charge in [-0.25, -0.2) is 9.78 Å². The second-order valence-corrected chi connectivity index (χ2v) is 8.85. The van der Waals surface area contributed by atoms with E-state index in [1.54, 1.807) is 24.3 Å². The summed E-state index contributed by atoms with van der Waals surface area (Å²) in [5.74, 6) is -0.647. The third kappa shape index (κ3) is 3.63. The first-order chi connectivity index (χ1) is 13.7. The summed E-state index contributed by atoms with van der Waals surface area (Å²) in [6, 6.07) is 14.1. The number of pyridine rings is 1. The van der Waals surface area contributed by atoms with Gasteiger partial charge in [-0.2, -0.15) is 0 Å². The van der Waals surface area contributed by atoms with E-state index in [1.807, 2.05) is 30.3 Å². The topological polar surface area (TPSA) is 73.2 Å². The molecule has 0 saturated heterocycles. The van der Waals surface area contributed by atoms with Gasteiger partial charge in [0.05, 0.1) is 16.8 Å². The summed E-state index contributed by atoms with van der Waals surface area (Å²) < 4.78 is 0. The Kier molecular flexibility index (Phi) is 4.65. The summed E-state index contributed by atoms with van der Waals surface area (Å²) in [4.78, 5) is 17.1. The van der Waals surface area contributed by atoms with E-state index in [0.29, 0.717) is 28.8 Å². The van der Waals surface area contributed by atoms with Crippen LogP contribution in [0.5, 0.6) is 5.75 Å². The van der Waals surface area contributed by atoms with E-state index < -0.39 is 5.97 Å². The van der Waals surface area contributed by atoms with Crippen LogP contribution in [0.4, 0.5) is 0 Å². The Morgan fingerprint density at radius 1 is 1.10 bits per heavy atom. The summed E-state index contributed by atoms with van der Waals surface area (Å²) in [6.45, 7) is 6.59. The highest BCUT2D eigenvalue weighted by molar-refractivity contribution is 6.06. The SMILES string of the molecule is CC(C)(C)[C@@H]1C/C(=C\c2ccc([O-])cc2)c2nc3ccccc3c(C(=O)O)c2C1. The molecule has 0 amide bonds. The Hall–Kier alpha value is -3.14. The van der Waals surface area contributed by atoms with Gasteiger partial charge in [0.1, 0.15) is 0 Å². The third-order valence-electron chi connectivity index (χ3n) is 5.87. The molecule has 0 aliphatic heterocycles. The number of aromatic carboxylic acids is 1. The van der Waals surface area contributed by atoms with E-state index in [0.717, 1.165) is 28.8 Å². The standard InChI is InChI=1S/C25H25NO3/c1-25(2,3)17-13-16(12-15-8-10-18(27)11-9-15)23-20(14-17)22(24(28)29)19-6-4-5-7-21(19)26-23/h4-12,17,27H,13-14H2,1-3H3,(H,28,29)/p-1/b16-12+/t17-/m1/s1. The highest BCUT2D eigenvalue weighted by Gasteiger charge is 2.35. The van der Waals surface area contributed by atoms with Gasteiger partial charge >= 0.3 is 5.97 Å². The van der Waals surface area contributed by atoms with Gasteiger partial charge in [0.15, 0.2) is 0 Å². The summed E-state index contributed by atoms with van der Waals surface area (Å²) >= 11 is 0. The van der Waals surface area contributed by atoms with Gasteiger partial charge in [0.2, 0.25) is 0 Å². The molecule has 0 unspecified atom stereocenters. The lowest BCUT2D eigenvalue weighted by Crippen LogP contribution is -2.28. The average molecular weight is 386 g/mol. The predicted molar refractivity (Wildman–Crippen MR) is 114 cm³/mol. The second-order valence-electron chi connectivity index (χ2n) is 8.85. The number of benzene rings is 2. The number of hydrogen-bond donors (Lipinski definition) is 1. The second kappa shape index (κ2) is 7.03. The highest BCUT2D eigenvalue weighted by atomic mass is 16.4.